The molecule has 0 aromatic heterocycles. The van der Waals surface area contributed by atoms with Crippen molar-refractivity contribution in [3.05, 3.63) is 12.1 Å². The molecular formula is C10H21Cl2N. The molecule has 3 heteroatoms. The van der Waals surface area contributed by atoms with Crippen LogP contribution in [0.1, 0.15) is 32.6 Å². The average Bonchev–Trinajstić information content (AvgIpc) is 2.08. The van der Waals surface area contributed by atoms with Crippen LogP contribution in [0.5, 0.6) is 0 Å². The second kappa shape index (κ2) is 12.3. The van der Waals surface area contributed by atoms with Gasteiger partial charge in [-0.2, -0.15) is 0 Å². The lowest BCUT2D eigenvalue weighted by Gasteiger charge is -2.25. The fourth-order valence-corrected chi connectivity index (χ4v) is 1.50. The lowest BCUT2D eigenvalue weighted by molar-refractivity contribution is 0.229. The molecule has 0 saturated carbocycles. The first kappa shape index (κ1) is 15.7. The van der Waals surface area contributed by atoms with E-state index < -0.39 is 0 Å². The molecule has 0 spiro atoms. The molecule has 0 N–H and O–H groups in total. The summed E-state index contributed by atoms with van der Waals surface area (Å²) in [6, 6.07) is 0. The zero-order chi connectivity index (χ0) is 9.23. The van der Waals surface area contributed by atoms with E-state index in [0.29, 0.717) is 0 Å². The van der Waals surface area contributed by atoms with Gasteiger partial charge in [-0.25, -0.2) is 0 Å². The van der Waals surface area contributed by atoms with Gasteiger partial charge >= 0.3 is 0 Å². The minimum Gasteiger partial charge on any atom is -0.303 e. The Morgan fingerprint density at radius 3 is 2.15 bits per heavy atom. The van der Waals surface area contributed by atoms with Gasteiger partial charge in [0.15, 0.2) is 0 Å². The molecule has 1 aliphatic rings. The minimum atomic E-state index is 0. The van der Waals surface area contributed by atoms with Gasteiger partial charge in [0.2, 0.25) is 0 Å². The van der Waals surface area contributed by atoms with Crippen molar-refractivity contribution in [1.82, 2.24) is 4.90 Å². The minimum absolute atomic E-state index is 0. The van der Waals surface area contributed by atoms with Crippen molar-refractivity contribution in [2.75, 3.05) is 19.6 Å². The van der Waals surface area contributed by atoms with Gasteiger partial charge in [0.05, 0.1) is 0 Å². The van der Waals surface area contributed by atoms with Crippen molar-refractivity contribution in [3.63, 3.8) is 0 Å². The van der Waals surface area contributed by atoms with E-state index in [1.807, 2.05) is 0 Å². The first-order valence-electron chi connectivity index (χ1n) is 4.78. The molecule has 0 bridgehead atoms. The summed E-state index contributed by atoms with van der Waals surface area (Å²) < 4.78 is 0. The third-order valence-electron chi connectivity index (χ3n) is 1.99. The summed E-state index contributed by atoms with van der Waals surface area (Å²) >= 11 is 4.76. The quantitative estimate of drug-likeness (QED) is 0.694. The Morgan fingerprint density at radius 2 is 1.77 bits per heavy atom. The number of rotatable bonds is 2. The van der Waals surface area contributed by atoms with Crippen LogP contribution in [0.15, 0.2) is 12.1 Å². The van der Waals surface area contributed by atoms with E-state index in [0.717, 1.165) is 0 Å². The second-order valence-corrected chi connectivity index (χ2v) is 3.37. The molecule has 0 aromatic carbocycles. The Bertz CT molecular complexity index is 98.3. The molecule has 80 valence electrons. The smallest absolute Gasteiger partial charge is 0.00187 e. The summed E-state index contributed by atoms with van der Waals surface area (Å²) in [4.78, 5) is 2.57. The van der Waals surface area contributed by atoms with Crippen LogP contribution in [-0.2, 0) is 0 Å². The van der Waals surface area contributed by atoms with Crippen molar-refractivity contribution in [2.24, 2.45) is 0 Å². The van der Waals surface area contributed by atoms with Crippen LogP contribution in [0.3, 0.4) is 0 Å². The van der Waals surface area contributed by atoms with Gasteiger partial charge in [-0.3, -0.25) is 0 Å². The third kappa shape index (κ3) is 10.2. The summed E-state index contributed by atoms with van der Waals surface area (Å²) in [5, 5.41) is 0. The fourth-order valence-electron chi connectivity index (χ4n) is 1.50. The average molecular weight is 226 g/mol. The van der Waals surface area contributed by atoms with Gasteiger partial charge in [-0.05, 0) is 44.4 Å². The second-order valence-electron chi connectivity index (χ2n) is 3.06. The lowest BCUT2D eigenvalue weighted by Crippen LogP contribution is -2.30. The molecule has 1 aliphatic heterocycles. The molecule has 1 nitrogen and oxygen atoms in total. The highest BCUT2D eigenvalue weighted by Gasteiger charge is 2.07. The van der Waals surface area contributed by atoms with Crippen LogP contribution in [-0.4, -0.2) is 24.5 Å². The van der Waals surface area contributed by atoms with Crippen molar-refractivity contribution >= 4 is 24.0 Å². The van der Waals surface area contributed by atoms with E-state index in [2.05, 4.69) is 18.4 Å². The van der Waals surface area contributed by atoms with Crippen molar-refractivity contribution in [3.8, 4) is 0 Å². The molecule has 0 amide bonds. The van der Waals surface area contributed by atoms with E-state index >= 15 is 0 Å². The summed E-state index contributed by atoms with van der Waals surface area (Å²) in [5.74, 6) is 0. The van der Waals surface area contributed by atoms with E-state index in [9.17, 15) is 0 Å². The van der Waals surface area contributed by atoms with E-state index in [4.69, 9.17) is 11.6 Å². The number of piperidine rings is 1. The predicted octanol–water partition coefficient (Wildman–Crippen LogP) is 3.67. The fraction of sp³-hybridized carbons (Fsp3) is 0.800. The first-order chi connectivity index (χ1) is 5.85. The summed E-state index contributed by atoms with van der Waals surface area (Å²) in [7, 11) is 0. The maximum absolute atomic E-state index is 4.76. The number of nitrogens with zero attached hydrogens (tertiary/aromatic N) is 1. The number of halogens is 2. The predicted molar refractivity (Wildman–Crippen MR) is 63.9 cm³/mol. The number of likely N-dealkylation sites (tertiary alicyclic amines) is 1. The van der Waals surface area contributed by atoms with Crippen LogP contribution in [0.25, 0.3) is 0 Å². The number of hydrogen-bond donors (Lipinski definition) is 0. The molecule has 1 rings (SSSR count). The van der Waals surface area contributed by atoms with Crippen molar-refractivity contribution < 1.29 is 0 Å². The maximum atomic E-state index is 4.76. The van der Waals surface area contributed by atoms with Crippen molar-refractivity contribution in [1.29, 1.82) is 0 Å². The zero-order valence-electron chi connectivity index (χ0n) is 8.47. The molecule has 0 aromatic rings. The molecule has 1 saturated heterocycles. The van der Waals surface area contributed by atoms with Crippen molar-refractivity contribution in [2.45, 2.75) is 32.6 Å². The highest BCUT2D eigenvalue weighted by atomic mass is 35.5. The van der Waals surface area contributed by atoms with Gasteiger partial charge in [0.1, 0.15) is 0 Å². The largest absolute Gasteiger partial charge is 0.303 e. The van der Waals surface area contributed by atoms with Gasteiger partial charge < -0.3 is 4.90 Å². The van der Waals surface area contributed by atoms with E-state index in [1.165, 1.54) is 50.9 Å². The van der Waals surface area contributed by atoms with Crippen LogP contribution < -0.4 is 0 Å². The van der Waals surface area contributed by atoms with Crippen LogP contribution in [0.2, 0.25) is 0 Å². The summed E-state index contributed by atoms with van der Waals surface area (Å²) in [6.45, 7) is 9.41. The molecule has 1 fully saturated rings. The standard InChI is InChI=1S/C8H17N.C2H3Cl.ClH/c1-2-6-9-7-4-3-5-8-9;1-2-3;/h2-8H2,1H3;2H,1H2;1H. The molecule has 1 heterocycles. The zero-order valence-corrected chi connectivity index (χ0v) is 10.0. The molecule has 13 heavy (non-hydrogen) atoms. The highest BCUT2D eigenvalue weighted by molar-refractivity contribution is 6.25. The Balaban J connectivity index is 0. The normalized spacial score (nSPS) is 16.5. The van der Waals surface area contributed by atoms with Gasteiger partial charge in [0, 0.05) is 0 Å². The summed E-state index contributed by atoms with van der Waals surface area (Å²) in [6.07, 6.45) is 5.64. The number of hydrogen-bond acceptors (Lipinski definition) is 1. The van der Waals surface area contributed by atoms with Crippen LogP contribution >= 0.6 is 24.0 Å². The Hall–Kier alpha value is 0.280. The lowest BCUT2D eigenvalue weighted by atomic mass is 10.1. The Labute approximate surface area is 93.6 Å². The Morgan fingerprint density at radius 1 is 1.31 bits per heavy atom. The van der Waals surface area contributed by atoms with E-state index in [1.54, 1.807) is 0 Å². The summed E-state index contributed by atoms with van der Waals surface area (Å²) in [5.41, 5.74) is 1.22. The molecule has 0 radical (unpaired) electrons. The molecular weight excluding hydrogens is 205 g/mol. The topological polar surface area (TPSA) is 3.24 Å². The van der Waals surface area contributed by atoms with Crippen LogP contribution in [0.4, 0.5) is 0 Å². The monoisotopic (exact) mass is 225 g/mol. The molecule has 0 aliphatic carbocycles. The molecule has 0 unspecified atom stereocenters. The maximum Gasteiger partial charge on any atom is -0.00187 e. The Kier molecular flexibility index (Phi) is 14.9. The van der Waals surface area contributed by atoms with E-state index in [-0.39, 0.29) is 12.4 Å². The first-order valence-corrected chi connectivity index (χ1v) is 5.22. The van der Waals surface area contributed by atoms with Gasteiger partial charge in [-0.15, -0.1) is 12.4 Å². The third-order valence-corrected chi connectivity index (χ3v) is 1.99. The van der Waals surface area contributed by atoms with Crippen LogP contribution in [0, 0.1) is 0 Å². The highest BCUT2D eigenvalue weighted by Crippen LogP contribution is 2.07. The van der Waals surface area contributed by atoms with Gasteiger partial charge in [-0.1, -0.05) is 31.5 Å². The molecule has 0 atom stereocenters. The SMILES string of the molecule is C=CCl.CCCN1CCCCC1.Cl. The van der Waals surface area contributed by atoms with Gasteiger partial charge in [0.25, 0.3) is 0 Å².